The minimum atomic E-state index is -1.20. The van der Waals surface area contributed by atoms with Crippen LogP contribution in [-0.4, -0.2) is 30.1 Å². The van der Waals surface area contributed by atoms with Crippen molar-refractivity contribution < 1.29 is 19.4 Å². The third kappa shape index (κ3) is 3.69. The van der Waals surface area contributed by atoms with Crippen molar-refractivity contribution in [2.45, 2.75) is 26.3 Å². The van der Waals surface area contributed by atoms with Gasteiger partial charge in [0.1, 0.15) is 11.8 Å². The normalized spacial score (nSPS) is 11.8. The molecule has 1 unspecified atom stereocenters. The molecule has 0 saturated heterocycles. The first-order chi connectivity index (χ1) is 8.86. The Bertz CT molecular complexity index is 500. The van der Waals surface area contributed by atoms with Crippen LogP contribution in [0.1, 0.15) is 17.5 Å². The lowest BCUT2D eigenvalue weighted by Crippen LogP contribution is -2.34. The Morgan fingerprint density at radius 1 is 1.37 bits per heavy atom. The summed E-state index contributed by atoms with van der Waals surface area (Å²) >= 11 is 0. The molecule has 6 heteroatoms. The number of carboxylic acids is 1. The number of ether oxygens (including phenoxy) is 1. The van der Waals surface area contributed by atoms with Crippen molar-refractivity contribution in [2.24, 2.45) is 5.73 Å². The molecule has 104 valence electrons. The number of aliphatic carboxylic acids is 1. The molecule has 1 atom stereocenters. The molecule has 0 aliphatic carbocycles. The lowest BCUT2D eigenvalue weighted by Gasteiger charge is -2.14. The van der Waals surface area contributed by atoms with Crippen LogP contribution in [0.3, 0.4) is 0 Å². The van der Waals surface area contributed by atoms with Crippen molar-refractivity contribution in [1.29, 1.82) is 0 Å². The predicted octanol–water partition coefficient (Wildman–Crippen LogP) is 1.05. The van der Waals surface area contributed by atoms with Crippen molar-refractivity contribution >= 4 is 17.6 Å². The molecule has 1 aromatic rings. The molecule has 0 aliphatic heterocycles. The van der Waals surface area contributed by atoms with E-state index in [4.69, 9.17) is 15.6 Å². The zero-order valence-corrected chi connectivity index (χ0v) is 11.2. The van der Waals surface area contributed by atoms with E-state index in [-0.39, 0.29) is 6.42 Å². The Morgan fingerprint density at radius 2 is 2.00 bits per heavy atom. The third-order valence-electron chi connectivity index (χ3n) is 2.95. The number of carboxylic acid groups (broad SMARTS) is 1. The predicted molar refractivity (Wildman–Crippen MR) is 71.3 cm³/mol. The topological polar surface area (TPSA) is 102 Å². The van der Waals surface area contributed by atoms with Crippen LogP contribution < -0.4 is 15.8 Å². The molecule has 1 amide bonds. The van der Waals surface area contributed by atoms with Crippen LogP contribution in [0.5, 0.6) is 5.75 Å². The monoisotopic (exact) mass is 266 g/mol. The van der Waals surface area contributed by atoms with Gasteiger partial charge in [0, 0.05) is 5.69 Å². The highest BCUT2D eigenvalue weighted by Gasteiger charge is 2.17. The SMILES string of the molecule is COc1ccc(NC(=O)CC(N)C(=O)O)c(C)c1C. The zero-order chi connectivity index (χ0) is 14.6. The Labute approximate surface area is 111 Å². The van der Waals surface area contributed by atoms with E-state index in [1.54, 1.807) is 19.2 Å². The number of hydrogen-bond acceptors (Lipinski definition) is 4. The summed E-state index contributed by atoms with van der Waals surface area (Å²) in [5, 5.41) is 11.3. The van der Waals surface area contributed by atoms with Gasteiger partial charge in [-0.25, -0.2) is 0 Å². The number of hydrogen-bond donors (Lipinski definition) is 3. The molecule has 0 saturated carbocycles. The van der Waals surface area contributed by atoms with Gasteiger partial charge >= 0.3 is 5.97 Å². The molecule has 1 aromatic carbocycles. The van der Waals surface area contributed by atoms with E-state index >= 15 is 0 Å². The molecule has 1 rings (SSSR count). The molecule has 0 bridgehead atoms. The second-order valence-electron chi connectivity index (χ2n) is 4.26. The molecule has 0 heterocycles. The van der Waals surface area contributed by atoms with Crippen molar-refractivity contribution in [3.63, 3.8) is 0 Å². The lowest BCUT2D eigenvalue weighted by atomic mass is 10.1. The van der Waals surface area contributed by atoms with Crippen molar-refractivity contribution in [2.75, 3.05) is 12.4 Å². The van der Waals surface area contributed by atoms with Gasteiger partial charge in [-0.3, -0.25) is 9.59 Å². The highest BCUT2D eigenvalue weighted by Crippen LogP contribution is 2.27. The summed E-state index contributed by atoms with van der Waals surface area (Å²) in [6.45, 7) is 3.73. The number of methoxy groups -OCH3 is 1. The first kappa shape index (κ1) is 15.0. The molecule has 4 N–H and O–H groups in total. The minimum Gasteiger partial charge on any atom is -0.496 e. The molecule has 0 radical (unpaired) electrons. The quantitative estimate of drug-likeness (QED) is 0.739. The van der Waals surface area contributed by atoms with Gasteiger partial charge in [0.05, 0.1) is 13.5 Å². The molecule has 19 heavy (non-hydrogen) atoms. The summed E-state index contributed by atoms with van der Waals surface area (Å²) < 4.78 is 5.17. The largest absolute Gasteiger partial charge is 0.496 e. The molecule has 0 fully saturated rings. The Balaban J connectivity index is 2.81. The first-order valence-electron chi connectivity index (χ1n) is 5.79. The van der Waals surface area contributed by atoms with E-state index in [9.17, 15) is 9.59 Å². The van der Waals surface area contributed by atoms with Gasteiger partial charge in [0.25, 0.3) is 0 Å². The van der Waals surface area contributed by atoms with E-state index in [1.165, 1.54) is 0 Å². The third-order valence-corrected chi connectivity index (χ3v) is 2.95. The van der Waals surface area contributed by atoms with Crippen LogP contribution in [0.15, 0.2) is 12.1 Å². The molecule has 6 nitrogen and oxygen atoms in total. The zero-order valence-electron chi connectivity index (χ0n) is 11.2. The number of rotatable bonds is 5. The van der Waals surface area contributed by atoms with E-state index < -0.39 is 17.9 Å². The number of nitrogens with two attached hydrogens (primary N) is 1. The molecule has 0 aliphatic rings. The summed E-state index contributed by atoms with van der Waals surface area (Å²) in [7, 11) is 1.58. The first-order valence-corrected chi connectivity index (χ1v) is 5.79. The number of carbonyl (C=O) groups excluding carboxylic acids is 1. The summed E-state index contributed by atoms with van der Waals surface area (Å²) in [5.41, 5.74) is 7.72. The van der Waals surface area contributed by atoms with Gasteiger partial charge in [-0.1, -0.05) is 0 Å². The van der Waals surface area contributed by atoms with Crippen molar-refractivity contribution in [3.8, 4) is 5.75 Å². The Morgan fingerprint density at radius 3 is 2.53 bits per heavy atom. The average Bonchev–Trinajstić information content (AvgIpc) is 2.35. The van der Waals surface area contributed by atoms with Gasteiger partial charge < -0.3 is 20.9 Å². The number of nitrogens with one attached hydrogen (secondary N) is 1. The second-order valence-corrected chi connectivity index (χ2v) is 4.26. The number of anilines is 1. The fraction of sp³-hybridized carbons (Fsp3) is 0.385. The van der Waals surface area contributed by atoms with Crippen LogP contribution >= 0.6 is 0 Å². The van der Waals surface area contributed by atoms with Crippen molar-refractivity contribution in [3.05, 3.63) is 23.3 Å². The van der Waals surface area contributed by atoms with Gasteiger partial charge in [-0.2, -0.15) is 0 Å². The summed E-state index contributed by atoms with van der Waals surface area (Å²) in [6, 6.07) is 2.26. The van der Waals surface area contributed by atoms with Crippen LogP contribution in [0, 0.1) is 13.8 Å². The molecular weight excluding hydrogens is 248 g/mol. The summed E-state index contributed by atoms with van der Waals surface area (Å²) in [5.74, 6) is -0.891. The maximum atomic E-state index is 11.7. The van der Waals surface area contributed by atoms with Gasteiger partial charge in [0.15, 0.2) is 0 Å². The number of benzene rings is 1. The van der Waals surface area contributed by atoms with Gasteiger partial charge in [-0.05, 0) is 37.1 Å². The number of amides is 1. The van der Waals surface area contributed by atoms with Crippen LogP contribution in [0.2, 0.25) is 0 Å². The van der Waals surface area contributed by atoms with Gasteiger partial charge in [0.2, 0.25) is 5.91 Å². The van der Waals surface area contributed by atoms with Crippen LogP contribution in [0.4, 0.5) is 5.69 Å². The van der Waals surface area contributed by atoms with E-state index in [0.717, 1.165) is 16.9 Å². The fourth-order valence-electron chi connectivity index (χ4n) is 1.64. The average molecular weight is 266 g/mol. The number of carbonyl (C=O) groups is 2. The van der Waals surface area contributed by atoms with Crippen molar-refractivity contribution in [1.82, 2.24) is 0 Å². The highest BCUT2D eigenvalue weighted by molar-refractivity contribution is 5.94. The van der Waals surface area contributed by atoms with E-state index in [1.807, 2.05) is 13.8 Å². The summed E-state index contributed by atoms with van der Waals surface area (Å²) in [4.78, 5) is 22.2. The second kappa shape index (κ2) is 6.19. The van der Waals surface area contributed by atoms with Crippen LogP contribution in [-0.2, 0) is 9.59 Å². The van der Waals surface area contributed by atoms with E-state index in [2.05, 4.69) is 5.32 Å². The minimum absolute atomic E-state index is 0.264. The maximum absolute atomic E-state index is 11.7. The van der Waals surface area contributed by atoms with Crippen LogP contribution in [0.25, 0.3) is 0 Å². The molecule has 0 aromatic heterocycles. The standard InChI is InChI=1S/C13H18N2O4/c1-7-8(2)11(19-3)5-4-10(7)15-12(16)6-9(14)13(17)18/h4-5,9H,6,14H2,1-3H3,(H,15,16)(H,17,18). The Hall–Kier alpha value is -2.08. The summed E-state index contributed by atoms with van der Waals surface area (Å²) in [6.07, 6.45) is -0.264. The van der Waals surface area contributed by atoms with Gasteiger partial charge in [-0.15, -0.1) is 0 Å². The van der Waals surface area contributed by atoms with E-state index in [0.29, 0.717) is 5.69 Å². The molecule has 0 spiro atoms. The fourth-order valence-corrected chi connectivity index (χ4v) is 1.64. The molecular formula is C13H18N2O4. The lowest BCUT2D eigenvalue weighted by molar-refractivity contribution is -0.140. The maximum Gasteiger partial charge on any atom is 0.321 e. The smallest absolute Gasteiger partial charge is 0.321 e. The Kier molecular flexibility index (Phi) is 4.88. The highest BCUT2D eigenvalue weighted by atomic mass is 16.5.